The highest BCUT2D eigenvalue weighted by Crippen LogP contribution is 2.17. The number of pyridine rings is 1. The van der Waals surface area contributed by atoms with Crippen LogP contribution in [0.15, 0.2) is 30.3 Å². The van der Waals surface area contributed by atoms with E-state index in [1.54, 1.807) is 12.1 Å². The number of rotatable bonds is 1. The molecule has 0 unspecified atom stereocenters. The van der Waals surface area contributed by atoms with Crippen molar-refractivity contribution in [3.8, 4) is 0 Å². The third-order valence-electron chi connectivity index (χ3n) is 1.84. The molecule has 0 saturated carbocycles. The molecule has 1 aromatic heterocycles. The maximum Gasteiger partial charge on any atom is 0.152 e. The van der Waals surface area contributed by atoms with Crippen molar-refractivity contribution < 1.29 is 4.79 Å². The van der Waals surface area contributed by atoms with Gasteiger partial charge in [-0.3, -0.25) is 4.79 Å². The second kappa shape index (κ2) is 3.15. The molecule has 2 aromatic rings. The minimum Gasteiger partial charge on any atom is -0.298 e. The van der Waals surface area contributed by atoms with Crippen molar-refractivity contribution in [3.63, 3.8) is 0 Å². The summed E-state index contributed by atoms with van der Waals surface area (Å²) in [7, 11) is 0. The van der Waals surface area contributed by atoms with Gasteiger partial charge in [0.05, 0.1) is 5.52 Å². The van der Waals surface area contributed by atoms with Crippen LogP contribution in [0, 0.1) is 0 Å². The maximum atomic E-state index is 10.6. The standard InChI is InChI=1S/C10H6ClNO/c11-9-5-4-7-2-1-3-8(6-13)10(7)12-9/h1-6H. The highest BCUT2D eigenvalue weighted by Gasteiger charge is 2.00. The summed E-state index contributed by atoms with van der Waals surface area (Å²) in [5, 5.41) is 1.33. The molecule has 13 heavy (non-hydrogen) atoms. The summed E-state index contributed by atoms with van der Waals surface area (Å²) in [4.78, 5) is 14.7. The van der Waals surface area contributed by atoms with Crippen LogP contribution in [0.2, 0.25) is 5.15 Å². The van der Waals surface area contributed by atoms with Gasteiger partial charge in [-0.2, -0.15) is 0 Å². The van der Waals surface area contributed by atoms with Crippen molar-refractivity contribution in [3.05, 3.63) is 41.0 Å². The highest BCUT2D eigenvalue weighted by atomic mass is 35.5. The lowest BCUT2D eigenvalue weighted by Gasteiger charge is -1.99. The van der Waals surface area contributed by atoms with E-state index >= 15 is 0 Å². The molecule has 0 atom stereocenters. The fourth-order valence-electron chi connectivity index (χ4n) is 1.24. The van der Waals surface area contributed by atoms with Crippen LogP contribution in [0.5, 0.6) is 0 Å². The monoisotopic (exact) mass is 191 g/mol. The fraction of sp³-hybridized carbons (Fsp3) is 0. The summed E-state index contributed by atoms with van der Waals surface area (Å²) in [6.07, 6.45) is 0.783. The molecule has 0 fully saturated rings. The predicted octanol–water partition coefficient (Wildman–Crippen LogP) is 2.70. The molecule has 64 valence electrons. The number of hydrogen-bond acceptors (Lipinski definition) is 2. The maximum absolute atomic E-state index is 10.6. The SMILES string of the molecule is O=Cc1cccc2ccc(Cl)nc12. The smallest absolute Gasteiger partial charge is 0.152 e. The Bertz CT molecular complexity index is 467. The molecular weight excluding hydrogens is 186 g/mol. The minimum absolute atomic E-state index is 0.404. The summed E-state index contributed by atoms with van der Waals surface area (Å²) >= 11 is 5.72. The van der Waals surface area contributed by atoms with Gasteiger partial charge >= 0.3 is 0 Å². The number of carbonyl (C=O) groups excluding carboxylic acids is 1. The van der Waals surface area contributed by atoms with Gasteiger partial charge in [0.1, 0.15) is 5.15 Å². The van der Waals surface area contributed by atoms with Crippen LogP contribution < -0.4 is 0 Å². The van der Waals surface area contributed by atoms with Crippen LogP contribution in [-0.2, 0) is 0 Å². The molecule has 0 spiro atoms. The molecule has 0 aliphatic rings. The van der Waals surface area contributed by atoms with Crippen LogP contribution in [0.1, 0.15) is 10.4 Å². The molecule has 1 heterocycles. The van der Waals surface area contributed by atoms with Gasteiger partial charge in [0, 0.05) is 10.9 Å². The zero-order valence-corrected chi connectivity index (χ0v) is 7.45. The molecule has 0 aliphatic carbocycles. The van der Waals surface area contributed by atoms with Crippen molar-refractivity contribution in [1.82, 2.24) is 4.98 Å². The highest BCUT2D eigenvalue weighted by molar-refractivity contribution is 6.29. The number of para-hydroxylation sites is 1. The van der Waals surface area contributed by atoms with Crippen LogP contribution in [0.3, 0.4) is 0 Å². The minimum atomic E-state index is 0.404. The Labute approximate surface area is 80.2 Å². The molecule has 0 bridgehead atoms. The van der Waals surface area contributed by atoms with Crippen molar-refractivity contribution in [2.45, 2.75) is 0 Å². The third-order valence-corrected chi connectivity index (χ3v) is 2.05. The first kappa shape index (κ1) is 8.20. The van der Waals surface area contributed by atoms with E-state index in [2.05, 4.69) is 4.98 Å². The Morgan fingerprint density at radius 2 is 2.08 bits per heavy atom. The lowest BCUT2D eigenvalue weighted by atomic mass is 10.1. The molecule has 2 nitrogen and oxygen atoms in total. The zero-order valence-electron chi connectivity index (χ0n) is 6.70. The summed E-state index contributed by atoms with van der Waals surface area (Å²) < 4.78 is 0. The lowest BCUT2D eigenvalue weighted by molar-refractivity contribution is 0.112. The molecule has 2 rings (SSSR count). The fourth-order valence-corrected chi connectivity index (χ4v) is 1.39. The number of aldehydes is 1. The number of halogens is 1. The van der Waals surface area contributed by atoms with E-state index in [1.807, 2.05) is 18.2 Å². The molecule has 0 aliphatic heterocycles. The second-order valence-electron chi connectivity index (χ2n) is 2.67. The van der Waals surface area contributed by atoms with E-state index in [-0.39, 0.29) is 0 Å². The summed E-state index contributed by atoms with van der Waals surface area (Å²) in [5.41, 5.74) is 1.23. The van der Waals surface area contributed by atoms with E-state index in [1.165, 1.54) is 0 Å². The van der Waals surface area contributed by atoms with E-state index < -0.39 is 0 Å². The van der Waals surface area contributed by atoms with Gasteiger partial charge in [0.25, 0.3) is 0 Å². The summed E-state index contributed by atoms with van der Waals surface area (Å²) in [5.74, 6) is 0. The molecular formula is C10H6ClNO. The van der Waals surface area contributed by atoms with Crippen molar-refractivity contribution in [1.29, 1.82) is 0 Å². The molecule has 0 amide bonds. The van der Waals surface area contributed by atoms with E-state index in [4.69, 9.17) is 11.6 Å². The number of fused-ring (bicyclic) bond motifs is 1. The van der Waals surface area contributed by atoms with E-state index in [0.717, 1.165) is 11.7 Å². The number of hydrogen-bond donors (Lipinski definition) is 0. The topological polar surface area (TPSA) is 30.0 Å². The normalized spacial score (nSPS) is 10.2. The number of nitrogens with zero attached hydrogens (tertiary/aromatic N) is 1. The average molecular weight is 192 g/mol. The van der Waals surface area contributed by atoms with Crippen molar-refractivity contribution >= 4 is 28.8 Å². The van der Waals surface area contributed by atoms with Crippen LogP contribution in [-0.4, -0.2) is 11.3 Å². The number of aromatic nitrogens is 1. The number of benzene rings is 1. The molecule has 0 saturated heterocycles. The lowest BCUT2D eigenvalue weighted by Crippen LogP contribution is -1.86. The van der Waals surface area contributed by atoms with Crippen molar-refractivity contribution in [2.24, 2.45) is 0 Å². The van der Waals surface area contributed by atoms with Gasteiger partial charge in [-0.1, -0.05) is 23.7 Å². The quantitative estimate of drug-likeness (QED) is 0.513. The first-order valence-corrected chi connectivity index (χ1v) is 4.19. The molecule has 3 heteroatoms. The first-order valence-electron chi connectivity index (χ1n) is 3.82. The molecule has 0 N–H and O–H groups in total. The van der Waals surface area contributed by atoms with Crippen LogP contribution >= 0.6 is 11.6 Å². The Hall–Kier alpha value is -1.41. The summed E-state index contributed by atoms with van der Waals surface area (Å²) in [6, 6.07) is 8.99. The third kappa shape index (κ3) is 1.40. The molecule has 0 radical (unpaired) electrons. The van der Waals surface area contributed by atoms with Gasteiger partial charge in [0.2, 0.25) is 0 Å². The van der Waals surface area contributed by atoms with Gasteiger partial charge in [-0.25, -0.2) is 4.98 Å². The van der Waals surface area contributed by atoms with Gasteiger partial charge in [-0.15, -0.1) is 0 Å². The van der Waals surface area contributed by atoms with E-state index in [9.17, 15) is 4.79 Å². The average Bonchev–Trinajstić information content (AvgIpc) is 2.17. The first-order chi connectivity index (χ1) is 6.31. The predicted molar refractivity (Wildman–Crippen MR) is 52.1 cm³/mol. The Kier molecular flexibility index (Phi) is 1.99. The molecule has 1 aromatic carbocycles. The summed E-state index contributed by atoms with van der Waals surface area (Å²) in [6.45, 7) is 0. The number of carbonyl (C=O) groups is 1. The zero-order chi connectivity index (χ0) is 9.26. The van der Waals surface area contributed by atoms with Gasteiger partial charge < -0.3 is 0 Å². The van der Waals surface area contributed by atoms with Crippen LogP contribution in [0.25, 0.3) is 10.9 Å². The van der Waals surface area contributed by atoms with Crippen LogP contribution in [0.4, 0.5) is 0 Å². The second-order valence-corrected chi connectivity index (χ2v) is 3.06. The van der Waals surface area contributed by atoms with E-state index in [0.29, 0.717) is 16.2 Å². The Morgan fingerprint density at radius 1 is 1.23 bits per heavy atom. The largest absolute Gasteiger partial charge is 0.298 e. The van der Waals surface area contributed by atoms with Gasteiger partial charge in [-0.05, 0) is 18.2 Å². The Balaban J connectivity index is 2.86. The Morgan fingerprint density at radius 3 is 2.85 bits per heavy atom. The van der Waals surface area contributed by atoms with Crippen molar-refractivity contribution in [2.75, 3.05) is 0 Å². The van der Waals surface area contributed by atoms with Gasteiger partial charge in [0.15, 0.2) is 6.29 Å².